The summed E-state index contributed by atoms with van der Waals surface area (Å²) >= 11 is 5.78. The minimum Gasteiger partial charge on any atom is -0.481 e. The Morgan fingerprint density at radius 1 is 1.55 bits per heavy atom. The molecule has 1 aliphatic heterocycles. The van der Waals surface area contributed by atoms with Gasteiger partial charge in [-0.3, -0.25) is 9.69 Å². The maximum atomic E-state index is 13.1. The van der Waals surface area contributed by atoms with Crippen LogP contribution in [-0.2, 0) is 11.3 Å². The van der Waals surface area contributed by atoms with Crippen LogP contribution in [0.1, 0.15) is 31.7 Å². The van der Waals surface area contributed by atoms with Crippen molar-refractivity contribution in [2.45, 2.75) is 32.7 Å². The Labute approximate surface area is 123 Å². The van der Waals surface area contributed by atoms with Crippen LogP contribution in [0.3, 0.4) is 0 Å². The molecule has 1 unspecified atom stereocenters. The predicted molar refractivity (Wildman–Crippen MR) is 76.3 cm³/mol. The quantitative estimate of drug-likeness (QED) is 0.924. The van der Waals surface area contributed by atoms with Crippen molar-refractivity contribution >= 4 is 17.6 Å². The van der Waals surface area contributed by atoms with Gasteiger partial charge < -0.3 is 5.11 Å². The first-order valence-corrected chi connectivity index (χ1v) is 7.24. The van der Waals surface area contributed by atoms with Gasteiger partial charge in [-0.2, -0.15) is 0 Å². The topological polar surface area (TPSA) is 40.5 Å². The standard InChI is InChI=1S/C15H19ClFNO2/c1-2-15(14(19)20)6-3-7-18(10-15)9-11-4-5-13(17)12(16)8-11/h4-5,8H,2-3,6-7,9-10H2,1H3,(H,19,20). The lowest BCUT2D eigenvalue weighted by atomic mass is 9.77. The third kappa shape index (κ3) is 3.13. The van der Waals surface area contributed by atoms with Crippen LogP contribution in [0.5, 0.6) is 0 Å². The molecular weight excluding hydrogens is 281 g/mol. The van der Waals surface area contributed by atoms with Crippen LogP contribution in [0, 0.1) is 11.2 Å². The van der Waals surface area contributed by atoms with E-state index < -0.39 is 17.2 Å². The summed E-state index contributed by atoms with van der Waals surface area (Å²) in [5, 5.41) is 9.57. The minimum atomic E-state index is -0.721. The molecule has 1 aliphatic rings. The van der Waals surface area contributed by atoms with Crippen LogP contribution < -0.4 is 0 Å². The van der Waals surface area contributed by atoms with Crippen LogP contribution in [0.2, 0.25) is 5.02 Å². The Balaban J connectivity index is 2.09. The van der Waals surface area contributed by atoms with E-state index in [1.54, 1.807) is 12.1 Å². The molecule has 0 bridgehead atoms. The van der Waals surface area contributed by atoms with Gasteiger partial charge in [0.1, 0.15) is 5.82 Å². The molecular formula is C15H19ClFNO2. The summed E-state index contributed by atoms with van der Waals surface area (Å²) < 4.78 is 13.1. The molecule has 0 aromatic heterocycles. The first-order valence-electron chi connectivity index (χ1n) is 6.86. The van der Waals surface area contributed by atoms with Crippen molar-refractivity contribution in [1.82, 2.24) is 4.90 Å². The maximum absolute atomic E-state index is 13.1. The normalized spacial score (nSPS) is 23.8. The van der Waals surface area contributed by atoms with E-state index in [0.717, 1.165) is 24.9 Å². The molecule has 1 heterocycles. The summed E-state index contributed by atoms with van der Waals surface area (Å²) in [5.41, 5.74) is 0.260. The molecule has 1 atom stereocenters. The molecule has 0 aliphatic carbocycles. The first-order chi connectivity index (χ1) is 9.47. The number of carbonyl (C=O) groups is 1. The van der Waals surface area contributed by atoms with Crippen molar-refractivity contribution in [1.29, 1.82) is 0 Å². The monoisotopic (exact) mass is 299 g/mol. The van der Waals surface area contributed by atoms with Gasteiger partial charge in [0.15, 0.2) is 0 Å². The zero-order chi connectivity index (χ0) is 14.8. The average Bonchev–Trinajstić information content (AvgIpc) is 2.43. The van der Waals surface area contributed by atoms with Gasteiger partial charge in [0, 0.05) is 13.1 Å². The Morgan fingerprint density at radius 3 is 2.90 bits per heavy atom. The molecule has 0 spiro atoms. The molecule has 20 heavy (non-hydrogen) atoms. The number of carboxylic acid groups (broad SMARTS) is 1. The molecule has 3 nitrogen and oxygen atoms in total. The van der Waals surface area contributed by atoms with Crippen LogP contribution in [-0.4, -0.2) is 29.1 Å². The third-order valence-electron chi connectivity index (χ3n) is 4.18. The number of aliphatic carboxylic acids is 1. The number of hydrogen-bond donors (Lipinski definition) is 1. The van der Waals surface area contributed by atoms with Crippen molar-refractivity contribution < 1.29 is 14.3 Å². The van der Waals surface area contributed by atoms with Gasteiger partial charge in [-0.25, -0.2) is 4.39 Å². The maximum Gasteiger partial charge on any atom is 0.310 e. The average molecular weight is 300 g/mol. The van der Waals surface area contributed by atoms with Crippen molar-refractivity contribution in [3.05, 3.63) is 34.6 Å². The minimum absolute atomic E-state index is 0.111. The van der Waals surface area contributed by atoms with E-state index in [1.165, 1.54) is 6.07 Å². The second-order valence-electron chi connectivity index (χ2n) is 5.50. The largest absolute Gasteiger partial charge is 0.481 e. The molecule has 0 radical (unpaired) electrons. The third-order valence-corrected chi connectivity index (χ3v) is 4.47. The van der Waals surface area contributed by atoms with E-state index in [9.17, 15) is 14.3 Å². The smallest absolute Gasteiger partial charge is 0.310 e. The van der Waals surface area contributed by atoms with Gasteiger partial charge in [0.2, 0.25) is 0 Å². The molecule has 1 saturated heterocycles. The molecule has 2 rings (SSSR count). The Hall–Kier alpha value is -1.13. The highest BCUT2D eigenvalue weighted by molar-refractivity contribution is 6.30. The highest BCUT2D eigenvalue weighted by Crippen LogP contribution is 2.34. The number of rotatable bonds is 4. The van der Waals surface area contributed by atoms with E-state index in [1.807, 2.05) is 6.92 Å². The summed E-state index contributed by atoms with van der Waals surface area (Å²) in [7, 11) is 0. The van der Waals surface area contributed by atoms with Gasteiger partial charge in [-0.05, 0) is 43.5 Å². The SMILES string of the molecule is CCC1(C(=O)O)CCCN(Cc2ccc(F)c(Cl)c2)C1. The number of benzene rings is 1. The number of halogens is 2. The summed E-state index contributed by atoms with van der Waals surface area (Å²) in [6.45, 7) is 3.93. The second kappa shape index (κ2) is 6.10. The predicted octanol–water partition coefficient (Wildman–Crippen LogP) is 3.56. The van der Waals surface area contributed by atoms with Gasteiger partial charge in [0.25, 0.3) is 0 Å². The Kier molecular flexibility index (Phi) is 4.66. The van der Waals surface area contributed by atoms with Crippen molar-refractivity contribution in [3.8, 4) is 0 Å². The highest BCUT2D eigenvalue weighted by atomic mass is 35.5. The summed E-state index contributed by atoms with van der Waals surface area (Å²) in [5.74, 6) is -1.15. The Morgan fingerprint density at radius 2 is 2.30 bits per heavy atom. The lowest BCUT2D eigenvalue weighted by Crippen LogP contribution is -2.47. The van der Waals surface area contributed by atoms with Crippen LogP contribution >= 0.6 is 11.6 Å². The molecule has 1 aromatic carbocycles. The molecule has 1 N–H and O–H groups in total. The lowest BCUT2D eigenvalue weighted by Gasteiger charge is -2.39. The molecule has 110 valence electrons. The zero-order valence-corrected chi connectivity index (χ0v) is 12.3. The van der Waals surface area contributed by atoms with Crippen LogP contribution in [0.25, 0.3) is 0 Å². The van der Waals surface area contributed by atoms with Gasteiger partial charge in [-0.15, -0.1) is 0 Å². The molecule has 1 fully saturated rings. The number of nitrogens with zero attached hydrogens (tertiary/aromatic N) is 1. The fourth-order valence-corrected chi connectivity index (χ4v) is 3.08. The van der Waals surface area contributed by atoms with Crippen molar-refractivity contribution in [3.63, 3.8) is 0 Å². The zero-order valence-electron chi connectivity index (χ0n) is 11.5. The lowest BCUT2D eigenvalue weighted by molar-refractivity contribution is -0.153. The van der Waals surface area contributed by atoms with Crippen molar-refractivity contribution in [2.75, 3.05) is 13.1 Å². The molecule has 0 amide bonds. The van der Waals surface area contributed by atoms with Crippen molar-refractivity contribution in [2.24, 2.45) is 5.41 Å². The second-order valence-corrected chi connectivity index (χ2v) is 5.91. The van der Waals surface area contributed by atoms with Crippen LogP contribution in [0.15, 0.2) is 18.2 Å². The first kappa shape index (κ1) is 15.3. The van der Waals surface area contributed by atoms with E-state index in [-0.39, 0.29) is 5.02 Å². The Bertz CT molecular complexity index is 509. The summed E-state index contributed by atoms with van der Waals surface area (Å²) in [6, 6.07) is 4.66. The van der Waals surface area contributed by atoms with Crippen LogP contribution in [0.4, 0.5) is 4.39 Å². The molecule has 1 aromatic rings. The molecule has 0 saturated carbocycles. The van der Waals surface area contributed by atoms with Gasteiger partial charge in [-0.1, -0.05) is 24.6 Å². The van der Waals surface area contributed by atoms with E-state index in [4.69, 9.17) is 11.6 Å². The van der Waals surface area contributed by atoms with Gasteiger partial charge in [0.05, 0.1) is 10.4 Å². The number of hydrogen-bond acceptors (Lipinski definition) is 2. The number of piperidine rings is 1. The highest BCUT2D eigenvalue weighted by Gasteiger charge is 2.40. The fraction of sp³-hybridized carbons (Fsp3) is 0.533. The number of carboxylic acids is 1. The number of likely N-dealkylation sites (tertiary alicyclic amines) is 1. The fourth-order valence-electron chi connectivity index (χ4n) is 2.87. The van der Waals surface area contributed by atoms with E-state index in [0.29, 0.717) is 19.5 Å². The summed E-state index contributed by atoms with van der Waals surface area (Å²) in [4.78, 5) is 13.6. The molecule has 5 heteroatoms. The van der Waals surface area contributed by atoms with E-state index in [2.05, 4.69) is 4.90 Å². The van der Waals surface area contributed by atoms with E-state index >= 15 is 0 Å². The summed E-state index contributed by atoms with van der Waals surface area (Å²) in [6.07, 6.45) is 2.22. The van der Waals surface area contributed by atoms with Gasteiger partial charge >= 0.3 is 5.97 Å².